The van der Waals surface area contributed by atoms with Crippen LogP contribution in [0, 0.1) is 5.92 Å². The summed E-state index contributed by atoms with van der Waals surface area (Å²) in [4.78, 5) is 20.1. The first-order chi connectivity index (χ1) is 16.1. The van der Waals surface area contributed by atoms with Crippen LogP contribution in [0.1, 0.15) is 62.8 Å². The molecule has 0 amide bonds. The van der Waals surface area contributed by atoms with Crippen molar-refractivity contribution < 1.29 is 18.4 Å². The first-order valence-electron chi connectivity index (χ1n) is 11.4. The standard InChI is InChI=1S/C26H32ClF2NOS.CH2O/c1-17-18(2)24(32-23(17)16-31)21-6-5-20(15-22(21)27)25(3)10-7-19(8-11-25)9-12-26(28,29)13-14-30-4;1-2/h5-8,10,15-16,18,24,30H,9,11-14H2,1-4H3;1H2. The van der Waals surface area contributed by atoms with Gasteiger partial charge in [-0.2, -0.15) is 0 Å². The second-order valence-corrected chi connectivity index (χ2v) is 10.8. The van der Waals surface area contributed by atoms with Crippen molar-refractivity contribution in [1.29, 1.82) is 0 Å². The molecule has 7 heteroatoms. The summed E-state index contributed by atoms with van der Waals surface area (Å²) >= 11 is 8.30. The molecule has 1 heterocycles. The fraction of sp³-hybridized carbons (Fsp3) is 0.481. The Morgan fingerprint density at radius 1 is 1.32 bits per heavy atom. The summed E-state index contributed by atoms with van der Waals surface area (Å²) in [5, 5.41) is 3.64. The number of carbonyl (C=O) groups excluding carboxylic acids is 2. The Labute approximate surface area is 211 Å². The maximum Gasteiger partial charge on any atom is 0.249 e. The fourth-order valence-corrected chi connectivity index (χ4v) is 6.08. The average Bonchev–Trinajstić information content (AvgIpc) is 3.12. The Morgan fingerprint density at radius 2 is 2.03 bits per heavy atom. The van der Waals surface area contributed by atoms with Crippen LogP contribution < -0.4 is 5.32 Å². The lowest BCUT2D eigenvalue weighted by Gasteiger charge is -2.30. The van der Waals surface area contributed by atoms with E-state index < -0.39 is 5.92 Å². The molecule has 186 valence electrons. The van der Waals surface area contributed by atoms with Gasteiger partial charge in [0, 0.05) is 40.0 Å². The van der Waals surface area contributed by atoms with Crippen LogP contribution in [0.25, 0.3) is 0 Å². The Balaban J connectivity index is 0.00000199. The normalized spacial score (nSPS) is 24.5. The number of thioether (sulfide) groups is 1. The van der Waals surface area contributed by atoms with E-state index in [9.17, 15) is 13.6 Å². The topological polar surface area (TPSA) is 46.2 Å². The van der Waals surface area contributed by atoms with Gasteiger partial charge in [-0.1, -0.05) is 67.0 Å². The molecule has 3 rings (SSSR count). The largest absolute Gasteiger partial charge is 0.320 e. The highest BCUT2D eigenvalue weighted by molar-refractivity contribution is 8.04. The molecule has 1 aromatic carbocycles. The molecule has 0 spiro atoms. The highest BCUT2D eigenvalue weighted by atomic mass is 35.5. The molecular weight excluding hydrogens is 476 g/mol. The smallest absolute Gasteiger partial charge is 0.249 e. The Bertz CT molecular complexity index is 975. The maximum absolute atomic E-state index is 14.0. The zero-order valence-electron chi connectivity index (χ0n) is 20.3. The second-order valence-electron chi connectivity index (χ2n) is 9.17. The highest BCUT2D eigenvalue weighted by Crippen LogP contribution is 2.52. The van der Waals surface area contributed by atoms with Gasteiger partial charge in [-0.25, -0.2) is 8.78 Å². The van der Waals surface area contributed by atoms with Crippen molar-refractivity contribution in [3.05, 3.63) is 68.6 Å². The lowest BCUT2D eigenvalue weighted by molar-refractivity contribution is -0.104. The summed E-state index contributed by atoms with van der Waals surface area (Å²) in [6.07, 6.45) is 7.98. The third-order valence-electron chi connectivity index (χ3n) is 6.83. The van der Waals surface area contributed by atoms with E-state index >= 15 is 0 Å². The number of allylic oxidation sites excluding steroid dienone is 6. The van der Waals surface area contributed by atoms with Gasteiger partial charge in [0.2, 0.25) is 5.92 Å². The molecule has 2 aliphatic rings. The quantitative estimate of drug-likeness (QED) is 0.357. The van der Waals surface area contributed by atoms with E-state index in [0.717, 1.165) is 39.9 Å². The molecule has 1 aliphatic carbocycles. The van der Waals surface area contributed by atoms with Gasteiger partial charge in [0.05, 0.1) is 0 Å². The molecule has 1 aliphatic heterocycles. The van der Waals surface area contributed by atoms with Gasteiger partial charge in [-0.15, -0.1) is 11.8 Å². The van der Waals surface area contributed by atoms with Gasteiger partial charge in [0.15, 0.2) is 6.29 Å². The monoisotopic (exact) mass is 509 g/mol. The molecule has 0 bridgehead atoms. The predicted octanol–water partition coefficient (Wildman–Crippen LogP) is 7.22. The van der Waals surface area contributed by atoms with Gasteiger partial charge in [0.25, 0.3) is 0 Å². The summed E-state index contributed by atoms with van der Waals surface area (Å²) < 4.78 is 27.9. The molecule has 3 nitrogen and oxygen atoms in total. The van der Waals surface area contributed by atoms with Crippen LogP contribution >= 0.6 is 23.4 Å². The first-order valence-corrected chi connectivity index (χ1v) is 12.7. The minimum absolute atomic E-state index is 0.129. The number of benzene rings is 1. The molecule has 34 heavy (non-hydrogen) atoms. The molecule has 3 unspecified atom stereocenters. The van der Waals surface area contributed by atoms with Gasteiger partial charge in [-0.05, 0) is 49.9 Å². The van der Waals surface area contributed by atoms with Crippen molar-refractivity contribution in [3.63, 3.8) is 0 Å². The molecule has 0 fully saturated rings. The van der Waals surface area contributed by atoms with E-state index in [1.807, 2.05) is 25.9 Å². The number of alkyl halides is 2. The van der Waals surface area contributed by atoms with Crippen molar-refractivity contribution in [2.24, 2.45) is 5.92 Å². The van der Waals surface area contributed by atoms with Crippen LogP contribution in [0.2, 0.25) is 5.02 Å². The second kappa shape index (κ2) is 12.3. The molecule has 0 saturated carbocycles. The van der Waals surface area contributed by atoms with E-state index in [4.69, 9.17) is 16.4 Å². The van der Waals surface area contributed by atoms with Crippen LogP contribution in [0.15, 0.2) is 52.5 Å². The average molecular weight is 510 g/mol. The fourth-order valence-electron chi connectivity index (χ4n) is 4.28. The summed E-state index contributed by atoms with van der Waals surface area (Å²) in [5.74, 6) is -2.39. The highest BCUT2D eigenvalue weighted by Gasteiger charge is 2.34. The summed E-state index contributed by atoms with van der Waals surface area (Å²) in [7, 11) is 1.69. The number of hydrogen-bond donors (Lipinski definition) is 1. The van der Waals surface area contributed by atoms with Crippen LogP contribution in [0.4, 0.5) is 8.78 Å². The van der Waals surface area contributed by atoms with E-state index in [2.05, 4.69) is 43.4 Å². The molecular formula is C27H34ClF2NO2S. The minimum atomic E-state index is -2.64. The van der Waals surface area contributed by atoms with E-state index in [0.29, 0.717) is 18.0 Å². The van der Waals surface area contributed by atoms with Crippen molar-refractivity contribution >= 4 is 36.4 Å². The number of halogens is 3. The van der Waals surface area contributed by atoms with Crippen molar-refractivity contribution in [2.75, 3.05) is 13.6 Å². The Morgan fingerprint density at radius 3 is 2.56 bits per heavy atom. The number of aldehydes is 1. The van der Waals surface area contributed by atoms with Crippen LogP contribution in [0.3, 0.4) is 0 Å². The van der Waals surface area contributed by atoms with Crippen molar-refractivity contribution in [2.45, 2.75) is 63.0 Å². The maximum atomic E-state index is 14.0. The molecule has 1 aromatic rings. The van der Waals surface area contributed by atoms with Gasteiger partial charge >= 0.3 is 0 Å². The third-order valence-corrected chi connectivity index (χ3v) is 8.74. The van der Waals surface area contributed by atoms with Crippen molar-refractivity contribution in [3.8, 4) is 0 Å². The number of hydrogen-bond acceptors (Lipinski definition) is 4. The van der Waals surface area contributed by atoms with Crippen LogP contribution in [-0.4, -0.2) is 32.6 Å². The summed E-state index contributed by atoms with van der Waals surface area (Å²) in [5.41, 5.74) is 4.01. The number of nitrogens with one attached hydrogen (secondary N) is 1. The van der Waals surface area contributed by atoms with E-state index in [1.54, 1.807) is 18.8 Å². The molecule has 3 atom stereocenters. The Kier molecular flexibility index (Phi) is 10.3. The number of carbonyl (C=O) groups is 2. The van der Waals surface area contributed by atoms with Crippen LogP contribution in [0.5, 0.6) is 0 Å². The summed E-state index contributed by atoms with van der Waals surface area (Å²) in [6.45, 7) is 8.61. The predicted molar refractivity (Wildman–Crippen MR) is 139 cm³/mol. The number of rotatable bonds is 9. The molecule has 1 N–H and O–H groups in total. The Hall–Kier alpha value is -1.76. The SMILES string of the molecule is C=O.CNCCC(F)(F)CCC1=CCC(C)(c2ccc(C3SC(C=O)=C(C)C3C)c(Cl)c2)C=C1. The van der Waals surface area contributed by atoms with Gasteiger partial charge in [0.1, 0.15) is 6.79 Å². The third kappa shape index (κ3) is 6.67. The lowest BCUT2D eigenvalue weighted by Crippen LogP contribution is -2.23. The molecule has 0 radical (unpaired) electrons. The van der Waals surface area contributed by atoms with Gasteiger partial charge < -0.3 is 10.1 Å². The van der Waals surface area contributed by atoms with Crippen molar-refractivity contribution in [1.82, 2.24) is 5.32 Å². The molecule has 0 saturated heterocycles. The van der Waals surface area contributed by atoms with Crippen LogP contribution in [-0.2, 0) is 15.0 Å². The zero-order valence-corrected chi connectivity index (χ0v) is 21.9. The lowest BCUT2D eigenvalue weighted by atomic mass is 9.75. The van der Waals surface area contributed by atoms with Gasteiger partial charge in [-0.3, -0.25) is 4.79 Å². The minimum Gasteiger partial charge on any atom is -0.320 e. The first kappa shape index (κ1) is 28.5. The van der Waals surface area contributed by atoms with E-state index in [-0.39, 0.29) is 29.4 Å². The summed E-state index contributed by atoms with van der Waals surface area (Å²) in [6, 6.07) is 6.21. The van der Waals surface area contributed by atoms with E-state index in [1.165, 1.54) is 0 Å². The molecule has 0 aromatic heterocycles. The zero-order chi connectivity index (χ0) is 25.5.